The Kier molecular flexibility index (Phi) is 7.18. The van der Waals surface area contributed by atoms with Crippen LogP contribution in [0.25, 0.3) is 0 Å². The second kappa shape index (κ2) is 10.2. The van der Waals surface area contributed by atoms with Crippen LogP contribution in [0.3, 0.4) is 0 Å². The smallest absolute Gasteiger partial charge is 0.353 e. The van der Waals surface area contributed by atoms with Crippen LogP contribution in [-0.2, 0) is 11.2 Å². The van der Waals surface area contributed by atoms with Crippen LogP contribution in [0.15, 0.2) is 65.1 Å². The Morgan fingerprint density at radius 3 is 2.60 bits per heavy atom. The van der Waals surface area contributed by atoms with Gasteiger partial charge in [0.1, 0.15) is 10.6 Å². The minimum absolute atomic E-state index is 0.135. The van der Waals surface area contributed by atoms with E-state index in [9.17, 15) is 9.59 Å². The number of ether oxygens (including phenoxy) is 3. The molecule has 1 aromatic heterocycles. The monoisotopic (exact) mass is 424 g/mol. The minimum atomic E-state index is -0.415. The average Bonchev–Trinajstić information content (AvgIpc) is 3.29. The molecule has 1 N–H and O–H groups in total. The summed E-state index contributed by atoms with van der Waals surface area (Å²) in [5.41, 5.74) is 3.93. The molecule has 0 aliphatic carbocycles. The van der Waals surface area contributed by atoms with E-state index in [4.69, 9.17) is 14.2 Å². The zero-order valence-corrected chi connectivity index (χ0v) is 17.3. The van der Waals surface area contributed by atoms with Gasteiger partial charge in [-0.2, -0.15) is 5.10 Å². The Morgan fingerprint density at radius 2 is 1.87 bits per heavy atom. The number of hydrazone groups is 1. The predicted molar refractivity (Wildman–Crippen MR) is 115 cm³/mol. The molecule has 0 atom stereocenters. The van der Waals surface area contributed by atoms with Crippen molar-refractivity contribution >= 4 is 29.4 Å². The quantitative estimate of drug-likeness (QED) is 0.258. The molecule has 0 aliphatic rings. The van der Waals surface area contributed by atoms with Crippen molar-refractivity contribution in [2.45, 2.75) is 6.42 Å². The fourth-order valence-electron chi connectivity index (χ4n) is 2.60. The lowest BCUT2D eigenvalue weighted by atomic mass is 10.1. The van der Waals surface area contributed by atoms with E-state index in [-0.39, 0.29) is 12.3 Å². The summed E-state index contributed by atoms with van der Waals surface area (Å²) in [5.74, 6) is 0.856. The van der Waals surface area contributed by atoms with E-state index in [2.05, 4.69) is 10.5 Å². The Morgan fingerprint density at radius 1 is 1.03 bits per heavy atom. The molecule has 154 valence electrons. The van der Waals surface area contributed by atoms with E-state index in [1.54, 1.807) is 61.7 Å². The number of esters is 1. The summed E-state index contributed by atoms with van der Waals surface area (Å²) in [7, 11) is 3.09. The van der Waals surface area contributed by atoms with Gasteiger partial charge in [0.15, 0.2) is 11.5 Å². The van der Waals surface area contributed by atoms with Crippen LogP contribution in [-0.4, -0.2) is 32.3 Å². The summed E-state index contributed by atoms with van der Waals surface area (Å²) in [5, 5.41) is 5.78. The number of nitrogens with one attached hydrogen (secondary N) is 1. The molecule has 3 aromatic rings. The maximum absolute atomic E-state index is 12.1. The Bertz CT molecular complexity index is 1050. The first-order valence-corrected chi connectivity index (χ1v) is 9.85. The van der Waals surface area contributed by atoms with E-state index in [1.807, 2.05) is 5.38 Å². The first-order chi connectivity index (χ1) is 14.6. The third-order valence-electron chi connectivity index (χ3n) is 4.01. The van der Waals surface area contributed by atoms with Crippen LogP contribution in [0.5, 0.6) is 17.2 Å². The molecule has 0 bridgehead atoms. The van der Waals surface area contributed by atoms with Crippen molar-refractivity contribution < 1.29 is 23.8 Å². The molecule has 8 heteroatoms. The highest BCUT2D eigenvalue weighted by molar-refractivity contribution is 7.12. The molecule has 0 saturated carbocycles. The first kappa shape index (κ1) is 21.1. The number of nitrogens with zero attached hydrogens (tertiary/aromatic N) is 1. The molecule has 2 aromatic carbocycles. The van der Waals surface area contributed by atoms with Gasteiger partial charge >= 0.3 is 5.97 Å². The molecule has 1 heterocycles. The molecule has 0 saturated heterocycles. The lowest BCUT2D eigenvalue weighted by molar-refractivity contribution is -0.120. The zero-order chi connectivity index (χ0) is 21.3. The van der Waals surface area contributed by atoms with Gasteiger partial charge in [0.05, 0.1) is 26.9 Å². The third kappa shape index (κ3) is 5.68. The first-order valence-electron chi connectivity index (χ1n) is 8.97. The Labute approximate surface area is 177 Å². The van der Waals surface area contributed by atoms with Crippen LogP contribution in [0.4, 0.5) is 0 Å². The SMILES string of the molecule is COc1ccc(CC(=O)N/N=C\c2cccc(OC(=O)c3cccs3)c2)cc1OC. The predicted octanol–water partition coefficient (Wildman–Crippen LogP) is 3.68. The number of rotatable bonds is 8. The van der Waals surface area contributed by atoms with Crippen molar-refractivity contribution in [3.63, 3.8) is 0 Å². The number of thiophene rings is 1. The lowest BCUT2D eigenvalue weighted by Gasteiger charge is -2.09. The maximum Gasteiger partial charge on any atom is 0.353 e. The second-order valence-electron chi connectivity index (χ2n) is 6.10. The molecule has 0 aliphatic heterocycles. The van der Waals surface area contributed by atoms with Gasteiger partial charge in [0, 0.05) is 0 Å². The topological polar surface area (TPSA) is 86.2 Å². The lowest BCUT2D eigenvalue weighted by Crippen LogP contribution is -2.19. The number of benzene rings is 2. The molecular formula is C22H20N2O5S. The molecule has 0 unspecified atom stereocenters. The van der Waals surface area contributed by atoms with E-state index in [0.717, 1.165) is 5.56 Å². The molecule has 1 amide bonds. The van der Waals surface area contributed by atoms with Gasteiger partial charge in [-0.1, -0.05) is 24.3 Å². The summed E-state index contributed by atoms with van der Waals surface area (Å²) >= 11 is 1.31. The number of hydrogen-bond acceptors (Lipinski definition) is 7. The van der Waals surface area contributed by atoms with Gasteiger partial charge in [0.25, 0.3) is 0 Å². The molecule has 0 radical (unpaired) electrons. The maximum atomic E-state index is 12.1. The summed E-state index contributed by atoms with van der Waals surface area (Å²) in [6, 6.07) is 15.6. The summed E-state index contributed by atoms with van der Waals surface area (Å²) < 4.78 is 15.8. The molecule has 7 nitrogen and oxygen atoms in total. The van der Waals surface area contributed by atoms with Crippen LogP contribution in [0.2, 0.25) is 0 Å². The molecule has 3 rings (SSSR count). The van der Waals surface area contributed by atoms with Crippen molar-refractivity contribution in [2.75, 3.05) is 14.2 Å². The van der Waals surface area contributed by atoms with Crippen molar-refractivity contribution in [2.24, 2.45) is 5.10 Å². The van der Waals surface area contributed by atoms with Gasteiger partial charge in [0.2, 0.25) is 5.91 Å². The highest BCUT2D eigenvalue weighted by Gasteiger charge is 2.10. The fourth-order valence-corrected chi connectivity index (χ4v) is 3.20. The number of methoxy groups -OCH3 is 2. The third-order valence-corrected chi connectivity index (χ3v) is 4.86. The van der Waals surface area contributed by atoms with E-state index >= 15 is 0 Å². The Hall–Kier alpha value is -3.65. The largest absolute Gasteiger partial charge is 0.493 e. The highest BCUT2D eigenvalue weighted by atomic mass is 32.1. The molecule has 30 heavy (non-hydrogen) atoms. The molecule has 0 fully saturated rings. The van der Waals surface area contributed by atoms with E-state index in [1.165, 1.54) is 24.7 Å². The minimum Gasteiger partial charge on any atom is -0.493 e. The number of hydrogen-bond donors (Lipinski definition) is 1. The van der Waals surface area contributed by atoms with Crippen molar-refractivity contribution in [3.05, 3.63) is 76.0 Å². The second-order valence-corrected chi connectivity index (χ2v) is 7.05. The Balaban J connectivity index is 1.56. The molecular weight excluding hydrogens is 404 g/mol. The van der Waals surface area contributed by atoms with Crippen LogP contribution >= 0.6 is 11.3 Å². The highest BCUT2D eigenvalue weighted by Crippen LogP contribution is 2.27. The van der Waals surface area contributed by atoms with E-state index in [0.29, 0.717) is 27.7 Å². The fraction of sp³-hybridized carbons (Fsp3) is 0.136. The van der Waals surface area contributed by atoms with Gasteiger partial charge < -0.3 is 14.2 Å². The zero-order valence-electron chi connectivity index (χ0n) is 16.5. The van der Waals surface area contributed by atoms with Crippen molar-refractivity contribution in [1.82, 2.24) is 5.43 Å². The number of amides is 1. The standard InChI is InChI=1S/C22H20N2O5S/c1-27-18-9-8-15(12-19(18)28-2)13-21(25)24-23-14-16-5-3-6-17(11-16)29-22(26)20-7-4-10-30-20/h3-12,14H,13H2,1-2H3,(H,24,25)/b23-14-. The van der Waals surface area contributed by atoms with Crippen LogP contribution < -0.4 is 19.6 Å². The number of carbonyl (C=O) groups excluding carboxylic acids is 2. The normalized spacial score (nSPS) is 10.6. The van der Waals surface area contributed by atoms with Crippen LogP contribution in [0.1, 0.15) is 20.8 Å². The summed E-state index contributed by atoms with van der Waals surface area (Å²) in [4.78, 5) is 24.7. The summed E-state index contributed by atoms with van der Waals surface area (Å²) in [6.07, 6.45) is 1.62. The average molecular weight is 424 g/mol. The number of carbonyl (C=O) groups is 2. The molecule has 0 spiro atoms. The van der Waals surface area contributed by atoms with E-state index < -0.39 is 5.97 Å². The van der Waals surface area contributed by atoms with Gasteiger partial charge in [-0.05, 0) is 46.8 Å². The van der Waals surface area contributed by atoms with Gasteiger partial charge in [-0.25, -0.2) is 10.2 Å². The summed E-state index contributed by atoms with van der Waals surface area (Å²) in [6.45, 7) is 0. The van der Waals surface area contributed by atoms with Crippen molar-refractivity contribution in [3.8, 4) is 17.2 Å². The van der Waals surface area contributed by atoms with Crippen LogP contribution in [0, 0.1) is 0 Å². The van der Waals surface area contributed by atoms with Gasteiger partial charge in [-0.3, -0.25) is 4.79 Å². The van der Waals surface area contributed by atoms with Gasteiger partial charge in [-0.15, -0.1) is 11.3 Å². The van der Waals surface area contributed by atoms with Crippen molar-refractivity contribution in [1.29, 1.82) is 0 Å².